The zero-order chi connectivity index (χ0) is 16.2. The number of fused-ring (bicyclic) bond motifs is 1. The second-order valence-corrected chi connectivity index (χ2v) is 6.02. The molecule has 0 radical (unpaired) electrons. The first-order valence-electron chi connectivity index (χ1n) is 7.83. The first kappa shape index (κ1) is 15.7. The molecule has 0 saturated carbocycles. The first-order chi connectivity index (χ1) is 11.1. The molecule has 0 aliphatic carbocycles. The van der Waals surface area contributed by atoms with E-state index in [9.17, 15) is 4.39 Å². The van der Waals surface area contributed by atoms with E-state index in [4.69, 9.17) is 0 Å². The van der Waals surface area contributed by atoms with Crippen LogP contribution < -0.4 is 5.32 Å². The lowest BCUT2D eigenvalue weighted by atomic mass is 10.1. The fourth-order valence-corrected chi connectivity index (χ4v) is 2.96. The number of halogens is 1. The molecule has 3 aromatic rings. The third-order valence-corrected chi connectivity index (χ3v) is 4.20. The van der Waals surface area contributed by atoms with E-state index in [0.717, 1.165) is 24.2 Å². The number of nitrogens with zero attached hydrogens (tertiary/aromatic N) is 1. The highest BCUT2D eigenvalue weighted by atomic mass is 19.1. The quantitative estimate of drug-likeness (QED) is 0.727. The van der Waals surface area contributed by atoms with Crippen molar-refractivity contribution in [2.24, 2.45) is 0 Å². The number of aromatic nitrogens is 1. The molecule has 0 aliphatic heterocycles. The molecule has 23 heavy (non-hydrogen) atoms. The van der Waals surface area contributed by atoms with Gasteiger partial charge in [0.25, 0.3) is 0 Å². The van der Waals surface area contributed by atoms with Gasteiger partial charge in [0.2, 0.25) is 0 Å². The summed E-state index contributed by atoms with van der Waals surface area (Å²) in [6.07, 6.45) is 1.96. The Hall–Kier alpha value is -2.17. The zero-order valence-electron chi connectivity index (χ0n) is 13.5. The Balaban J connectivity index is 1.69. The molecule has 3 nitrogen and oxygen atoms in total. The van der Waals surface area contributed by atoms with E-state index in [1.54, 1.807) is 12.1 Å². The minimum atomic E-state index is -0.188. The number of likely N-dealkylation sites (N-methyl/N-ethyl adjacent to an activating group) is 1. The third-order valence-electron chi connectivity index (χ3n) is 4.20. The van der Waals surface area contributed by atoms with Crippen LogP contribution >= 0.6 is 0 Å². The van der Waals surface area contributed by atoms with Crippen molar-refractivity contribution in [3.8, 4) is 0 Å². The van der Waals surface area contributed by atoms with Gasteiger partial charge in [-0.25, -0.2) is 4.39 Å². The first-order valence-corrected chi connectivity index (χ1v) is 7.83. The molecule has 0 amide bonds. The van der Waals surface area contributed by atoms with Crippen LogP contribution in [0, 0.1) is 5.82 Å². The van der Waals surface area contributed by atoms with Crippen molar-refractivity contribution in [2.75, 3.05) is 20.6 Å². The SMILES string of the molecule is CN(C)C(CNCc1cccc2[nH]ccc12)c1cccc(F)c1. The molecule has 0 aliphatic rings. The minimum absolute atomic E-state index is 0.135. The van der Waals surface area contributed by atoms with E-state index in [0.29, 0.717) is 0 Å². The molecule has 1 aromatic heterocycles. The monoisotopic (exact) mass is 311 g/mol. The second kappa shape index (κ2) is 6.94. The normalized spacial score (nSPS) is 12.9. The summed E-state index contributed by atoms with van der Waals surface area (Å²) < 4.78 is 13.5. The van der Waals surface area contributed by atoms with E-state index >= 15 is 0 Å². The summed E-state index contributed by atoms with van der Waals surface area (Å²) in [5.41, 5.74) is 3.40. The zero-order valence-corrected chi connectivity index (χ0v) is 13.5. The van der Waals surface area contributed by atoms with Crippen molar-refractivity contribution in [3.05, 3.63) is 71.7 Å². The lowest BCUT2D eigenvalue weighted by Gasteiger charge is -2.25. The van der Waals surface area contributed by atoms with Crippen molar-refractivity contribution < 1.29 is 4.39 Å². The highest BCUT2D eigenvalue weighted by Crippen LogP contribution is 2.20. The van der Waals surface area contributed by atoms with Crippen molar-refractivity contribution >= 4 is 10.9 Å². The average Bonchev–Trinajstić information content (AvgIpc) is 3.00. The molecule has 120 valence electrons. The number of hydrogen-bond donors (Lipinski definition) is 2. The van der Waals surface area contributed by atoms with Gasteiger partial charge in [-0.1, -0.05) is 24.3 Å². The summed E-state index contributed by atoms with van der Waals surface area (Å²) in [6, 6.07) is 15.3. The molecule has 4 heteroatoms. The van der Waals surface area contributed by atoms with E-state index in [2.05, 4.69) is 39.5 Å². The van der Waals surface area contributed by atoms with Crippen LogP contribution in [0.5, 0.6) is 0 Å². The third kappa shape index (κ3) is 3.60. The number of benzene rings is 2. The molecule has 3 rings (SSSR count). The maximum Gasteiger partial charge on any atom is 0.123 e. The molecule has 1 atom stereocenters. The van der Waals surface area contributed by atoms with Gasteiger partial charge in [0, 0.05) is 36.2 Å². The van der Waals surface area contributed by atoms with Gasteiger partial charge in [-0.3, -0.25) is 0 Å². The van der Waals surface area contributed by atoms with E-state index in [1.807, 2.05) is 26.4 Å². The number of H-pyrrole nitrogens is 1. The van der Waals surface area contributed by atoms with Gasteiger partial charge in [-0.05, 0) is 49.5 Å². The summed E-state index contributed by atoms with van der Waals surface area (Å²) in [6.45, 7) is 1.55. The van der Waals surface area contributed by atoms with Crippen molar-refractivity contribution in [2.45, 2.75) is 12.6 Å². The Bertz CT molecular complexity index is 779. The Morgan fingerprint density at radius 2 is 1.96 bits per heavy atom. The van der Waals surface area contributed by atoms with Gasteiger partial charge in [0.1, 0.15) is 5.82 Å². The van der Waals surface area contributed by atoms with Crippen LogP contribution in [0.3, 0.4) is 0 Å². The molecule has 1 unspecified atom stereocenters. The lowest BCUT2D eigenvalue weighted by Crippen LogP contribution is -2.30. The summed E-state index contributed by atoms with van der Waals surface area (Å²) in [5.74, 6) is -0.188. The summed E-state index contributed by atoms with van der Waals surface area (Å²) in [7, 11) is 4.04. The number of hydrogen-bond acceptors (Lipinski definition) is 2. The summed E-state index contributed by atoms with van der Waals surface area (Å²) in [4.78, 5) is 5.34. The summed E-state index contributed by atoms with van der Waals surface area (Å²) >= 11 is 0. The smallest absolute Gasteiger partial charge is 0.123 e. The molecule has 0 spiro atoms. The average molecular weight is 311 g/mol. The topological polar surface area (TPSA) is 31.1 Å². The highest BCUT2D eigenvalue weighted by Gasteiger charge is 2.14. The van der Waals surface area contributed by atoms with Gasteiger partial charge in [0.05, 0.1) is 0 Å². The van der Waals surface area contributed by atoms with Gasteiger partial charge in [0.15, 0.2) is 0 Å². The van der Waals surface area contributed by atoms with Crippen molar-refractivity contribution in [1.82, 2.24) is 15.2 Å². The minimum Gasteiger partial charge on any atom is -0.361 e. The van der Waals surface area contributed by atoms with Gasteiger partial charge < -0.3 is 15.2 Å². The van der Waals surface area contributed by atoms with E-state index < -0.39 is 0 Å². The predicted molar refractivity (Wildman–Crippen MR) is 92.8 cm³/mol. The van der Waals surface area contributed by atoms with Crippen molar-refractivity contribution in [3.63, 3.8) is 0 Å². The number of rotatable bonds is 6. The second-order valence-electron chi connectivity index (χ2n) is 6.02. The standard InChI is InChI=1S/C19H22FN3/c1-23(2)19(14-5-3-7-16(20)11-14)13-21-12-15-6-4-8-18-17(15)9-10-22-18/h3-11,19,21-22H,12-13H2,1-2H3. The highest BCUT2D eigenvalue weighted by molar-refractivity contribution is 5.82. The fraction of sp³-hybridized carbons (Fsp3) is 0.263. The van der Waals surface area contributed by atoms with Crippen molar-refractivity contribution in [1.29, 1.82) is 0 Å². The molecule has 2 N–H and O–H groups in total. The molecular formula is C19H22FN3. The Kier molecular flexibility index (Phi) is 4.74. The van der Waals surface area contributed by atoms with Gasteiger partial charge >= 0.3 is 0 Å². The fourth-order valence-electron chi connectivity index (χ4n) is 2.96. The Morgan fingerprint density at radius 3 is 2.74 bits per heavy atom. The Morgan fingerprint density at radius 1 is 1.13 bits per heavy atom. The van der Waals surface area contributed by atoms with Gasteiger partial charge in [-0.15, -0.1) is 0 Å². The lowest BCUT2D eigenvalue weighted by molar-refractivity contribution is 0.288. The maximum atomic E-state index is 13.5. The van der Waals surface area contributed by atoms with E-state index in [1.165, 1.54) is 17.0 Å². The van der Waals surface area contributed by atoms with E-state index in [-0.39, 0.29) is 11.9 Å². The Labute approximate surface area is 136 Å². The number of nitrogens with one attached hydrogen (secondary N) is 2. The van der Waals surface area contributed by atoms with Crippen LogP contribution in [-0.4, -0.2) is 30.5 Å². The molecule has 0 fully saturated rings. The predicted octanol–water partition coefficient (Wildman–Crippen LogP) is 3.70. The van der Waals surface area contributed by atoms with Crippen LogP contribution in [0.4, 0.5) is 4.39 Å². The molecule has 1 heterocycles. The van der Waals surface area contributed by atoms with Crippen LogP contribution in [0.15, 0.2) is 54.7 Å². The molecule has 2 aromatic carbocycles. The van der Waals surface area contributed by atoms with Crippen LogP contribution in [-0.2, 0) is 6.54 Å². The summed E-state index contributed by atoms with van der Waals surface area (Å²) in [5, 5.41) is 4.75. The van der Waals surface area contributed by atoms with Crippen LogP contribution in [0.1, 0.15) is 17.2 Å². The van der Waals surface area contributed by atoms with Gasteiger partial charge in [-0.2, -0.15) is 0 Å². The molecule has 0 saturated heterocycles. The molecule has 0 bridgehead atoms. The number of aromatic amines is 1. The molecular weight excluding hydrogens is 289 g/mol. The van der Waals surface area contributed by atoms with Crippen LogP contribution in [0.25, 0.3) is 10.9 Å². The largest absolute Gasteiger partial charge is 0.361 e. The van der Waals surface area contributed by atoms with Crippen LogP contribution in [0.2, 0.25) is 0 Å². The maximum absolute atomic E-state index is 13.5.